The molecule has 2 rings (SSSR count). The van der Waals surface area contributed by atoms with Crippen LogP contribution in [0.5, 0.6) is 0 Å². The fraction of sp³-hybridized carbons (Fsp3) is 0.308. The van der Waals surface area contributed by atoms with Crippen molar-refractivity contribution in [1.29, 1.82) is 0 Å². The van der Waals surface area contributed by atoms with Gasteiger partial charge in [0.15, 0.2) is 5.82 Å². The lowest BCUT2D eigenvalue weighted by Crippen LogP contribution is -2.49. The summed E-state index contributed by atoms with van der Waals surface area (Å²) in [5.74, 6) is -0.805. The second-order valence-corrected chi connectivity index (χ2v) is 4.71. The highest BCUT2D eigenvalue weighted by Crippen LogP contribution is 2.38. The summed E-state index contributed by atoms with van der Waals surface area (Å²) in [5.41, 5.74) is -2.97. The zero-order chi connectivity index (χ0) is 16.4. The lowest BCUT2D eigenvalue weighted by molar-refractivity contribution is -0.519. The summed E-state index contributed by atoms with van der Waals surface area (Å²) < 4.78 is 40.5. The van der Waals surface area contributed by atoms with Gasteiger partial charge < -0.3 is 9.67 Å². The number of halogens is 3. The molecule has 0 aliphatic carbocycles. The molecule has 118 valence electrons. The molecule has 1 N–H and O–H groups in total. The summed E-state index contributed by atoms with van der Waals surface area (Å²) in [7, 11) is 0. The molecule has 0 spiro atoms. The normalized spacial score (nSPS) is 14.5. The molecule has 1 aromatic carbocycles. The molecule has 2 aromatic rings. The quantitative estimate of drug-likeness (QED) is 0.675. The summed E-state index contributed by atoms with van der Waals surface area (Å²) in [6.07, 6.45) is -2.92. The second-order valence-electron chi connectivity index (χ2n) is 4.71. The Morgan fingerprint density at radius 2 is 1.91 bits per heavy atom. The molecule has 1 heterocycles. The van der Waals surface area contributed by atoms with Crippen molar-refractivity contribution in [2.75, 3.05) is 6.54 Å². The molecule has 0 amide bonds. The number of hydrogen-bond acceptors (Lipinski definition) is 4. The van der Waals surface area contributed by atoms with Crippen LogP contribution >= 0.6 is 0 Å². The number of nitro groups is 1. The largest absolute Gasteiger partial charge is 0.431 e. The summed E-state index contributed by atoms with van der Waals surface area (Å²) in [5, 5.41) is 20.4. The molecule has 0 aliphatic rings. The van der Waals surface area contributed by atoms with Gasteiger partial charge in [-0.05, 0) is 5.56 Å². The Balaban J connectivity index is 2.42. The number of aliphatic hydroxyl groups is 1. The van der Waals surface area contributed by atoms with Crippen LogP contribution in [0.2, 0.25) is 0 Å². The van der Waals surface area contributed by atoms with E-state index in [1.165, 1.54) is 6.20 Å². The third-order valence-electron chi connectivity index (χ3n) is 3.11. The zero-order valence-electron chi connectivity index (χ0n) is 11.2. The molecule has 0 bridgehead atoms. The Kier molecular flexibility index (Phi) is 4.18. The number of benzene rings is 1. The minimum Gasteiger partial charge on any atom is -0.369 e. The van der Waals surface area contributed by atoms with Crippen molar-refractivity contribution in [3.8, 4) is 0 Å². The Hall–Kier alpha value is -2.42. The molecule has 22 heavy (non-hydrogen) atoms. The number of imidazole rings is 1. The standard InChI is InChI=1S/C13H12F3N3O3/c14-13(15,16)12(20,9-19(21)22)11-17-6-7-18(11)8-10-4-2-1-3-5-10/h1-7,20H,8-9H2/t12-/m0/s1. The number of hydrogen-bond donors (Lipinski definition) is 1. The second kappa shape index (κ2) is 5.76. The van der Waals surface area contributed by atoms with Gasteiger partial charge in [-0.15, -0.1) is 0 Å². The van der Waals surface area contributed by atoms with E-state index in [9.17, 15) is 28.4 Å². The van der Waals surface area contributed by atoms with Gasteiger partial charge in [-0.1, -0.05) is 30.3 Å². The van der Waals surface area contributed by atoms with Gasteiger partial charge in [0, 0.05) is 23.9 Å². The fourth-order valence-electron chi connectivity index (χ4n) is 2.06. The van der Waals surface area contributed by atoms with E-state index in [1.54, 1.807) is 30.3 Å². The Morgan fingerprint density at radius 3 is 2.45 bits per heavy atom. The maximum absolute atomic E-state index is 13.1. The highest BCUT2D eigenvalue weighted by molar-refractivity contribution is 5.17. The average Bonchev–Trinajstić information content (AvgIpc) is 2.86. The Morgan fingerprint density at radius 1 is 1.27 bits per heavy atom. The SMILES string of the molecule is O=[N+]([O-])C[C@](O)(c1nccn1Cc1ccccc1)C(F)(F)F. The van der Waals surface area contributed by atoms with Crippen molar-refractivity contribution in [3.63, 3.8) is 0 Å². The van der Waals surface area contributed by atoms with Gasteiger partial charge in [-0.3, -0.25) is 10.1 Å². The molecule has 0 aliphatic heterocycles. The Labute approximate surface area is 123 Å². The minimum atomic E-state index is -5.22. The molecule has 6 nitrogen and oxygen atoms in total. The van der Waals surface area contributed by atoms with Crippen molar-refractivity contribution < 1.29 is 23.2 Å². The van der Waals surface area contributed by atoms with Crippen LogP contribution in [0.15, 0.2) is 42.7 Å². The van der Waals surface area contributed by atoms with E-state index in [2.05, 4.69) is 4.98 Å². The first-order valence-electron chi connectivity index (χ1n) is 6.20. The third kappa shape index (κ3) is 3.08. The van der Waals surface area contributed by atoms with Gasteiger partial charge in [0.2, 0.25) is 6.54 Å². The molecule has 0 fully saturated rings. The van der Waals surface area contributed by atoms with Crippen LogP contribution < -0.4 is 0 Å². The average molecular weight is 315 g/mol. The lowest BCUT2D eigenvalue weighted by atomic mass is 10.0. The van der Waals surface area contributed by atoms with Crippen LogP contribution in [0.25, 0.3) is 0 Å². The van der Waals surface area contributed by atoms with Gasteiger partial charge in [-0.25, -0.2) is 4.98 Å². The number of aromatic nitrogens is 2. The van der Waals surface area contributed by atoms with E-state index < -0.39 is 29.1 Å². The first-order chi connectivity index (χ1) is 10.2. The first kappa shape index (κ1) is 16.0. The van der Waals surface area contributed by atoms with Crippen molar-refractivity contribution in [2.24, 2.45) is 0 Å². The first-order valence-corrected chi connectivity index (χ1v) is 6.20. The van der Waals surface area contributed by atoms with Gasteiger partial charge in [0.05, 0.1) is 0 Å². The highest BCUT2D eigenvalue weighted by Gasteiger charge is 2.61. The molecular weight excluding hydrogens is 303 g/mol. The van der Waals surface area contributed by atoms with Crippen LogP contribution in [0.4, 0.5) is 13.2 Å². The zero-order valence-corrected chi connectivity index (χ0v) is 11.2. The van der Waals surface area contributed by atoms with Gasteiger partial charge in [-0.2, -0.15) is 13.2 Å². The van der Waals surface area contributed by atoms with E-state index in [0.717, 1.165) is 10.8 Å². The lowest BCUT2D eigenvalue weighted by Gasteiger charge is -2.26. The maximum Gasteiger partial charge on any atom is 0.431 e. The van der Waals surface area contributed by atoms with Crippen LogP contribution in [0, 0.1) is 10.1 Å². The fourth-order valence-corrected chi connectivity index (χ4v) is 2.06. The molecule has 0 unspecified atom stereocenters. The summed E-state index contributed by atoms with van der Waals surface area (Å²) in [6.45, 7) is -1.70. The number of nitrogens with zero attached hydrogens (tertiary/aromatic N) is 3. The molecule has 0 saturated heterocycles. The molecule has 0 saturated carbocycles. The van der Waals surface area contributed by atoms with Crippen molar-refractivity contribution >= 4 is 0 Å². The summed E-state index contributed by atoms with van der Waals surface area (Å²) in [4.78, 5) is 12.8. The predicted molar refractivity (Wildman–Crippen MR) is 69.6 cm³/mol. The predicted octanol–water partition coefficient (Wildman–Crippen LogP) is 1.96. The van der Waals surface area contributed by atoms with Crippen molar-refractivity contribution in [2.45, 2.75) is 18.3 Å². The number of alkyl halides is 3. The van der Waals surface area contributed by atoms with Crippen LogP contribution in [0.3, 0.4) is 0 Å². The van der Waals surface area contributed by atoms with E-state index in [0.29, 0.717) is 5.56 Å². The smallest absolute Gasteiger partial charge is 0.369 e. The molecule has 1 aromatic heterocycles. The van der Waals surface area contributed by atoms with Gasteiger partial charge in [0.1, 0.15) is 0 Å². The highest BCUT2D eigenvalue weighted by atomic mass is 19.4. The molecular formula is C13H12F3N3O3. The summed E-state index contributed by atoms with van der Waals surface area (Å²) in [6, 6.07) is 8.53. The maximum atomic E-state index is 13.1. The molecule has 1 atom stereocenters. The van der Waals surface area contributed by atoms with E-state index >= 15 is 0 Å². The Bertz CT molecular complexity index is 657. The molecule has 9 heteroatoms. The van der Waals surface area contributed by atoms with Crippen LogP contribution in [-0.4, -0.2) is 32.3 Å². The van der Waals surface area contributed by atoms with Crippen molar-refractivity contribution in [3.05, 3.63) is 64.2 Å². The van der Waals surface area contributed by atoms with Crippen molar-refractivity contribution in [1.82, 2.24) is 9.55 Å². The van der Waals surface area contributed by atoms with Crippen LogP contribution in [-0.2, 0) is 12.1 Å². The summed E-state index contributed by atoms with van der Waals surface area (Å²) >= 11 is 0. The van der Waals surface area contributed by atoms with E-state index in [1.807, 2.05) is 0 Å². The third-order valence-corrected chi connectivity index (χ3v) is 3.11. The van der Waals surface area contributed by atoms with Gasteiger partial charge >= 0.3 is 6.18 Å². The van der Waals surface area contributed by atoms with E-state index in [4.69, 9.17) is 0 Å². The minimum absolute atomic E-state index is 0.00623. The van der Waals surface area contributed by atoms with E-state index in [-0.39, 0.29) is 6.54 Å². The van der Waals surface area contributed by atoms with Crippen LogP contribution in [0.1, 0.15) is 11.4 Å². The molecule has 0 radical (unpaired) electrons. The topological polar surface area (TPSA) is 81.2 Å². The van der Waals surface area contributed by atoms with Gasteiger partial charge in [0.25, 0.3) is 5.60 Å². The number of rotatable bonds is 5. The monoisotopic (exact) mass is 315 g/mol.